The lowest BCUT2D eigenvalue weighted by Crippen LogP contribution is -2.59. The number of methoxy groups -OCH3 is 1. The molecule has 0 aromatic heterocycles. The minimum Gasteiger partial charge on any atom is -0.495 e. The molecule has 2 N–H and O–H groups in total. The first-order valence-corrected chi connectivity index (χ1v) is 12.2. The molecule has 0 spiro atoms. The molecule has 2 aliphatic rings. The first-order chi connectivity index (χ1) is 17.6. The SMILES string of the molecule is [C-]#[N+]C1(Nc2ccccc2OC)CCN(c2ccc(N3C[C@H](CNC(C)=O)OC3=O)cc2F)CC1(C)C. The standard InChI is InChI=1S/C27H32FN5O4/c1-18(34)30-15-20-16-33(25(35)37-20)19-10-11-23(21(28)14-19)32-13-12-27(29-4,26(2,3)17-32)31-22-8-6-7-9-24(22)36-5/h6-11,14,20,31H,12-13,15-17H2,1-3,5H3,(H,30,34)/t20-,27?/m0/s1. The Morgan fingerprint density at radius 2 is 2.05 bits per heavy atom. The van der Waals surface area contributed by atoms with Crippen molar-refractivity contribution in [3.63, 3.8) is 0 Å². The second-order valence-electron chi connectivity index (χ2n) is 10.0. The number of cyclic esters (lactones) is 1. The number of nitrogens with zero attached hydrogens (tertiary/aromatic N) is 3. The van der Waals surface area contributed by atoms with Gasteiger partial charge in [0.15, 0.2) is 0 Å². The molecule has 4 rings (SSSR count). The van der Waals surface area contributed by atoms with Gasteiger partial charge < -0.3 is 25.0 Å². The number of carbonyl (C=O) groups excluding carboxylic acids is 2. The van der Waals surface area contributed by atoms with Crippen LogP contribution in [0.2, 0.25) is 0 Å². The molecule has 0 radical (unpaired) electrons. The first-order valence-electron chi connectivity index (χ1n) is 12.2. The van der Waals surface area contributed by atoms with E-state index in [-0.39, 0.29) is 19.0 Å². The van der Waals surface area contributed by atoms with E-state index in [4.69, 9.17) is 16.0 Å². The summed E-state index contributed by atoms with van der Waals surface area (Å²) in [6, 6.07) is 12.2. The van der Waals surface area contributed by atoms with E-state index in [1.54, 1.807) is 19.2 Å². The molecule has 10 heteroatoms. The van der Waals surface area contributed by atoms with Crippen LogP contribution in [0.3, 0.4) is 0 Å². The van der Waals surface area contributed by atoms with Crippen molar-refractivity contribution < 1.29 is 23.5 Å². The van der Waals surface area contributed by atoms with E-state index >= 15 is 4.39 Å². The molecule has 0 bridgehead atoms. The molecule has 2 aromatic rings. The number of piperidine rings is 1. The largest absolute Gasteiger partial charge is 0.495 e. The summed E-state index contributed by atoms with van der Waals surface area (Å²) in [5.41, 5.74) is 0.0921. The van der Waals surface area contributed by atoms with Crippen molar-refractivity contribution in [2.75, 3.05) is 48.4 Å². The molecule has 2 aromatic carbocycles. The van der Waals surface area contributed by atoms with Gasteiger partial charge in [-0.3, -0.25) is 14.5 Å². The van der Waals surface area contributed by atoms with Crippen LogP contribution in [0.1, 0.15) is 27.2 Å². The number of amides is 2. The van der Waals surface area contributed by atoms with Crippen molar-refractivity contribution in [1.29, 1.82) is 0 Å². The predicted octanol–water partition coefficient (Wildman–Crippen LogP) is 4.26. The van der Waals surface area contributed by atoms with Gasteiger partial charge in [0.2, 0.25) is 5.91 Å². The van der Waals surface area contributed by atoms with Gasteiger partial charge in [-0.25, -0.2) is 15.8 Å². The quantitative estimate of drug-likeness (QED) is 0.543. The number of ether oxygens (including phenoxy) is 2. The number of hydrogen-bond donors (Lipinski definition) is 2. The molecule has 2 saturated heterocycles. The number of anilines is 3. The summed E-state index contributed by atoms with van der Waals surface area (Å²) in [6.07, 6.45) is -0.614. The molecule has 0 aliphatic carbocycles. The second-order valence-corrected chi connectivity index (χ2v) is 10.0. The smallest absolute Gasteiger partial charge is 0.414 e. The highest BCUT2D eigenvalue weighted by Crippen LogP contribution is 2.45. The topological polar surface area (TPSA) is 87.5 Å². The van der Waals surface area contributed by atoms with Crippen LogP contribution in [0, 0.1) is 17.8 Å². The third kappa shape index (κ3) is 5.12. The van der Waals surface area contributed by atoms with Gasteiger partial charge in [0.1, 0.15) is 17.7 Å². The van der Waals surface area contributed by atoms with Gasteiger partial charge in [0.25, 0.3) is 0 Å². The Hall–Kier alpha value is -4.00. The van der Waals surface area contributed by atoms with Crippen molar-refractivity contribution in [3.05, 3.63) is 59.7 Å². The third-order valence-corrected chi connectivity index (χ3v) is 7.12. The van der Waals surface area contributed by atoms with E-state index < -0.39 is 29.1 Å². The van der Waals surface area contributed by atoms with E-state index in [1.807, 2.05) is 43.0 Å². The molecule has 1 unspecified atom stereocenters. The van der Waals surface area contributed by atoms with Gasteiger partial charge in [0.05, 0.1) is 49.1 Å². The molecule has 2 aliphatic heterocycles. The van der Waals surface area contributed by atoms with Crippen LogP contribution in [0.5, 0.6) is 5.75 Å². The second kappa shape index (κ2) is 10.2. The van der Waals surface area contributed by atoms with Crippen LogP contribution in [0.4, 0.5) is 26.2 Å². The van der Waals surface area contributed by atoms with Crippen molar-refractivity contribution >= 4 is 29.1 Å². The number of rotatable bonds is 7. The van der Waals surface area contributed by atoms with Crippen molar-refractivity contribution in [2.45, 2.75) is 39.0 Å². The molecule has 2 atom stereocenters. The number of carbonyl (C=O) groups is 2. The van der Waals surface area contributed by atoms with Gasteiger partial charge in [0, 0.05) is 20.0 Å². The molecular formula is C27H32FN5O4. The summed E-state index contributed by atoms with van der Waals surface area (Å²) in [5.74, 6) is -0.0146. The highest BCUT2D eigenvalue weighted by Gasteiger charge is 2.56. The molecule has 2 heterocycles. The van der Waals surface area contributed by atoms with Crippen molar-refractivity contribution in [3.8, 4) is 5.75 Å². The summed E-state index contributed by atoms with van der Waals surface area (Å²) in [5, 5.41) is 6.06. The zero-order chi connectivity index (χ0) is 26.8. The Morgan fingerprint density at radius 1 is 1.30 bits per heavy atom. The minimum absolute atomic E-state index is 0.201. The lowest BCUT2D eigenvalue weighted by molar-refractivity contribution is -0.119. The molecule has 37 heavy (non-hydrogen) atoms. The number of halogens is 1. The van der Waals surface area contributed by atoms with Crippen LogP contribution in [0.15, 0.2) is 42.5 Å². The highest BCUT2D eigenvalue weighted by molar-refractivity contribution is 5.90. The van der Waals surface area contributed by atoms with Crippen LogP contribution in [0.25, 0.3) is 4.85 Å². The van der Waals surface area contributed by atoms with Crippen LogP contribution in [-0.2, 0) is 9.53 Å². The number of para-hydroxylation sites is 2. The Balaban J connectivity index is 1.50. The Kier molecular flexibility index (Phi) is 7.16. The molecule has 2 fully saturated rings. The lowest BCUT2D eigenvalue weighted by Gasteiger charge is -2.46. The normalized spacial score (nSPS) is 22.7. The van der Waals surface area contributed by atoms with Gasteiger partial charge >= 0.3 is 11.8 Å². The van der Waals surface area contributed by atoms with Gasteiger partial charge in [-0.1, -0.05) is 12.1 Å². The van der Waals surface area contributed by atoms with Crippen LogP contribution < -0.4 is 25.2 Å². The van der Waals surface area contributed by atoms with E-state index in [0.717, 1.165) is 5.69 Å². The minimum atomic E-state index is -0.906. The van der Waals surface area contributed by atoms with Gasteiger partial charge in [-0.2, -0.15) is 0 Å². The van der Waals surface area contributed by atoms with Crippen LogP contribution in [-0.4, -0.2) is 57.1 Å². The average Bonchev–Trinajstić information content (AvgIpc) is 3.24. The Labute approximate surface area is 216 Å². The average molecular weight is 510 g/mol. The summed E-state index contributed by atoms with van der Waals surface area (Å²) < 4.78 is 26.1. The fourth-order valence-corrected chi connectivity index (χ4v) is 4.98. The fraction of sp³-hybridized carbons (Fsp3) is 0.444. The zero-order valence-corrected chi connectivity index (χ0v) is 21.5. The molecule has 2 amide bonds. The maximum atomic E-state index is 15.4. The van der Waals surface area contributed by atoms with E-state index in [0.29, 0.717) is 36.6 Å². The zero-order valence-electron chi connectivity index (χ0n) is 21.5. The van der Waals surface area contributed by atoms with E-state index in [9.17, 15) is 9.59 Å². The maximum absolute atomic E-state index is 15.4. The van der Waals surface area contributed by atoms with Crippen molar-refractivity contribution in [2.24, 2.45) is 5.41 Å². The van der Waals surface area contributed by atoms with Crippen molar-refractivity contribution in [1.82, 2.24) is 5.32 Å². The number of benzene rings is 2. The molecule has 0 saturated carbocycles. The number of hydrogen-bond acceptors (Lipinski definition) is 6. The Bertz CT molecular complexity index is 1230. The molecule has 9 nitrogen and oxygen atoms in total. The highest BCUT2D eigenvalue weighted by atomic mass is 19.1. The van der Waals surface area contributed by atoms with E-state index in [1.165, 1.54) is 17.9 Å². The van der Waals surface area contributed by atoms with Crippen LogP contribution >= 0.6 is 0 Å². The van der Waals surface area contributed by atoms with Gasteiger partial charge in [-0.15, -0.1) is 0 Å². The number of nitrogens with one attached hydrogen (secondary N) is 2. The lowest BCUT2D eigenvalue weighted by atomic mass is 9.73. The third-order valence-electron chi connectivity index (χ3n) is 7.12. The predicted molar refractivity (Wildman–Crippen MR) is 139 cm³/mol. The summed E-state index contributed by atoms with van der Waals surface area (Å²) in [6.45, 7) is 14.8. The van der Waals surface area contributed by atoms with Gasteiger partial charge in [-0.05, 0) is 44.2 Å². The summed E-state index contributed by atoms with van der Waals surface area (Å²) in [4.78, 5) is 30.8. The summed E-state index contributed by atoms with van der Waals surface area (Å²) >= 11 is 0. The monoisotopic (exact) mass is 509 g/mol. The Morgan fingerprint density at radius 3 is 2.70 bits per heavy atom. The van der Waals surface area contributed by atoms with E-state index in [2.05, 4.69) is 15.5 Å². The fourth-order valence-electron chi connectivity index (χ4n) is 4.98. The molecular weight excluding hydrogens is 477 g/mol. The molecule has 196 valence electrons. The maximum Gasteiger partial charge on any atom is 0.414 e. The first kappa shape index (κ1) is 26.1. The summed E-state index contributed by atoms with van der Waals surface area (Å²) in [7, 11) is 1.59.